The molecule has 0 atom stereocenters. The summed E-state index contributed by atoms with van der Waals surface area (Å²) < 4.78 is 18.9. The first kappa shape index (κ1) is 21.3. The number of carbonyl (C=O) groups is 1. The van der Waals surface area contributed by atoms with Gasteiger partial charge in [0.1, 0.15) is 11.0 Å². The number of fused-ring (bicyclic) bond motifs is 3. The molecule has 4 rings (SSSR count). The van der Waals surface area contributed by atoms with Gasteiger partial charge in [-0.25, -0.2) is 9.31 Å². The zero-order valence-electron chi connectivity index (χ0n) is 17.6. The molecule has 0 saturated carbocycles. The number of benzene rings is 1. The number of nitrogens with zero attached hydrogens (tertiary/aromatic N) is 6. The first-order chi connectivity index (χ1) is 15.5. The molecule has 0 fully saturated rings. The van der Waals surface area contributed by atoms with Gasteiger partial charge in [0.2, 0.25) is 5.69 Å². The Labute approximate surface area is 180 Å². The van der Waals surface area contributed by atoms with E-state index in [9.17, 15) is 14.4 Å². The van der Waals surface area contributed by atoms with E-state index >= 15 is 0 Å². The van der Waals surface area contributed by atoms with Gasteiger partial charge in [-0.15, -0.1) is 5.10 Å². The van der Waals surface area contributed by atoms with Crippen LogP contribution in [0.2, 0.25) is 0 Å². The van der Waals surface area contributed by atoms with Gasteiger partial charge in [0, 0.05) is 14.2 Å². The number of methoxy groups -OCH3 is 2. The van der Waals surface area contributed by atoms with Crippen LogP contribution in [-0.4, -0.2) is 62.3 Å². The number of para-hydroxylation sites is 1. The summed E-state index contributed by atoms with van der Waals surface area (Å²) in [5.74, 6) is -0.800. The molecule has 4 aromatic rings. The maximum absolute atomic E-state index is 13.5. The van der Waals surface area contributed by atoms with E-state index in [0.717, 1.165) is 4.52 Å². The minimum atomic E-state index is -0.835. The van der Waals surface area contributed by atoms with E-state index in [1.54, 1.807) is 31.2 Å². The molecular weight excluding hydrogens is 420 g/mol. The van der Waals surface area contributed by atoms with Crippen LogP contribution in [0, 0.1) is 0 Å². The number of ether oxygens (including phenoxy) is 3. The van der Waals surface area contributed by atoms with Gasteiger partial charge in [-0.05, 0) is 19.1 Å². The van der Waals surface area contributed by atoms with Crippen molar-refractivity contribution < 1.29 is 19.0 Å². The number of aromatic nitrogens is 6. The second kappa shape index (κ2) is 8.69. The van der Waals surface area contributed by atoms with Crippen molar-refractivity contribution in [3.05, 3.63) is 62.9 Å². The Morgan fingerprint density at radius 1 is 1.06 bits per heavy atom. The predicted octanol–water partition coefficient (Wildman–Crippen LogP) is 0.386. The second-order valence-corrected chi connectivity index (χ2v) is 6.67. The maximum Gasteiger partial charge on any atom is 0.361 e. The Morgan fingerprint density at radius 3 is 2.44 bits per heavy atom. The van der Waals surface area contributed by atoms with Gasteiger partial charge >= 0.3 is 5.97 Å². The molecule has 0 unspecified atom stereocenters. The molecule has 0 bridgehead atoms. The minimum absolute atomic E-state index is 0.000705. The lowest BCUT2D eigenvalue weighted by Gasteiger charge is -2.17. The Morgan fingerprint density at radius 2 is 1.78 bits per heavy atom. The molecule has 3 aromatic heterocycles. The SMILES string of the molecule is CCOC(=O)c1nnn2c1c(=O)n(CC(OC)OC)c1c(=O)n(-c3ccccc3)ncc12. The Balaban J connectivity index is 2.10. The van der Waals surface area contributed by atoms with Crippen LogP contribution in [0.3, 0.4) is 0 Å². The van der Waals surface area contributed by atoms with E-state index in [-0.39, 0.29) is 35.4 Å². The highest BCUT2D eigenvalue weighted by Gasteiger charge is 2.26. The van der Waals surface area contributed by atoms with Crippen molar-refractivity contribution >= 4 is 22.5 Å². The zero-order valence-corrected chi connectivity index (χ0v) is 17.6. The third-order valence-corrected chi connectivity index (χ3v) is 4.88. The molecule has 0 spiro atoms. The summed E-state index contributed by atoms with van der Waals surface area (Å²) in [7, 11) is 2.82. The third kappa shape index (κ3) is 3.44. The lowest BCUT2D eigenvalue weighted by atomic mass is 10.3. The van der Waals surface area contributed by atoms with E-state index in [4.69, 9.17) is 14.2 Å². The molecule has 3 heterocycles. The number of hydrogen-bond acceptors (Lipinski definition) is 9. The predicted molar refractivity (Wildman–Crippen MR) is 112 cm³/mol. The highest BCUT2D eigenvalue weighted by molar-refractivity contribution is 5.95. The molecule has 0 aliphatic carbocycles. The van der Waals surface area contributed by atoms with Crippen LogP contribution >= 0.6 is 0 Å². The van der Waals surface area contributed by atoms with E-state index in [0.29, 0.717) is 5.69 Å². The van der Waals surface area contributed by atoms with Crippen molar-refractivity contribution in [3.8, 4) is 5.69 Å². The second-order valence-electron chi connectivity index (χ2n) is 6.67. The third-order valence-electron chi connectivity index (χ3n) is 4.88. The molecule has 0 saturated heterocycles. The first-order valence-electron chi connectivity index (χ1n) is 9.70. The van der Waals surface area contributed by atoms with Crippen molar-refractivity contribution in [3.63, 3.8) is 0 Å². The summed E-state index contributed by atoms with van der Waals surface area (Å²) in [6.45, 7) is 1.60. The zero-order chi connectivity index (χ0) is 22.8. The largest absolute Gasteiger partial charge is 0.461 e. The first-order valence-corrected chi connectivity index (χ1v) is 9.70. The number of esters is 1. The summed E-state index contributed by atoms with van der Waals surface area (Å²) in [6, 6.07) is 8.76. The van der Waals surface area contributed by atoms with Crippen LogP contribution in [0.15, 0.2) is 46.1 Å². The van der Waals surface area contributed by atoms with Gasteiger partial charge in [0.25, 0.3) is 11.1 Å². The van der Waals surface area contributed by atoms with E-state index < -0.39 is 23.4 Å². The topological polar surface area (TPSA) is 132 Å². The average Bonchev–Trinajstić information content (AvgIpc) is 3.26. The van der Waals surface area contributed by atoms with Crippen molar-refractivity contribution in [2.45, 2.75) is 19.8 Å². The maximum atomic E-state index is 13.5. The molecule has 0 aliphatic heterocycles. The van der Waals surface area contributed by atoms with Crippen LogP contribution in [0.25, 0.3) is 22.2 Å². The summed E-state index contributed by atoms with van der Waals surface area (Å²) in [4.78, 5) is 39.3. The lowest BCUT2D eigenvalue weighted by molar-refractivity contribution is -0.110. The van der Waals surface area contributed by atoms with Crippen molar-refractivity contribution in [2.75, 3.05) is 20.8 Å². The van der Waals surface area contributed by atoms with Crippen LogP contribution in [0.4, 0.5) is 0 Å². The Bertz CT molecular complexity index is 1400. The summed E-state index contributed by atoms with van der Waals surface area (Å²) in [5, 5.41) is 12.0. The fourth-order valence-electron chi connectivity index (χ4n) is 3.37. The highest BCUT2D eigenvalue weighted by atomic mass is 16.7. The van der Waals surface area contributed by atoms with E-state index in [2.05, 4.69) is 15.4 Å². The Hall–Kier alpha value is -3.90. The molecule has 0 radical (unpaired) electrons. The molecular formula is C20H20N6O6. The normalized spacial score (nSPS) is 11.5. The van der Waals surface area contributed by atoms with Crippen molar-refractivity contribution in [1.82, 2.24) is 29.2 Å². The van der Waals surface area contributed by atoms with Crippen LogP contribution in [-0.2, 0) is 20.8 Å². The summed E-state index contributed by atoms with van der Waals surface area (Å²) in [5.41, 5.74) is -0.933. The molecule has 32 heavy (non-hydrogen) atoms. The number of rotatable bonds is 7. The molecule has 12 nitrogen and oxygen atoms in total. The average molecular weight is 440 g/mol. The molecule has 1 aromatic carbocycles. The number of hydrogen-bond donors (Lipinski definition) is 0. The highest BCUT2D eigenvalue weighted by Crippen LogP contribution is 2.15. The van der Waals surface area contributed by atoms with Gasteiger partial charge in [0.05, 0.1) is 25.0 Å². The van der Waals surface area contributed by atoms with Gasteiger partial charge < -0.3 is 14.2 Å². The van der Waals surface area contributed by atoms with Crippen LogP contribution in [0.5, 0.6) is 0 Å². The summed E-state index contributed by atoms with van der Waals surface area (Å²) in [6.07, 6.45) is 0.545. The van der Waals surface area contributed by atoms with Gasteiger partial charge in [0.15, 0.2) is 11.8 Å². The van der Waals surface area contributed by atoms with Gasteiger partial charge in [-0.2, -0.15) is 9.78 Å². The fraction of sp³-hybridized carbons (Fsp3) is 0.300. The van der Waals surface area contributed by atoms with Crippen LogP contribution < -0.4 is 11.1 Å². The molecule has 12 heteroatoms. The molecule has 166 valence electrons. The standard InChI is InChI=1S/C20H20N6O6/c1-4-32-20(29)15-17-18(27)24(11-14(30-2)31-3)16-13(26(17)23-22-15)10-21-25(19(16)28)12-8-6-5-7-9-12/h5-10,14H,4,11H2,1-3H3. The van der Waals surface area contributed by atoms with Crippen molar-refractivity contribution in [1.29, 1.82) is 0 Å². The van der Waals surface area contributed by atoms with Gasteiger partial charge in [-0.3, -0.25) is 14.2 Å². The van der Waals surface area contributed by atoms with Crippen LogP contribution in [0.1, 0.15) is 17.4 Å². The number of carbonyl (C=O) groups excluding carboxylic acids is 1. The Kier molecular flexibility index (Phi) is 5.79. The molecule has 0 aliphatic rings. The van der Waals surface area contributed by atoms with E-state index in [1.165, 1.54) is 29.7 Å². The molecule has 0 amide bonds. The minimum Gasteiger partial charge on any atom is -0.461 e. The summed E-state index contributed by atoms with van der Waals surface area (Å²) >= 11 is 0. The lowest BCUT2D eigenvalue weighted by Crippen LogP contribution is -2.35. The smallest absolute Gasteiger partial charge is 0.361 e. The monoisotopic (exact) mass is 440 g/mol. The van der Waals surface area contributed by atoms with Crippen molar-refractivity contribution in [2.24, 2.45) is 0 Å². The molecule has 0 N–H and O–H groups in total. The fourth-order valence-corrected chi connectivity index (χ4v) is 3.37. The quantitative estimate of drug-likeness (QED) is 0.296. The van der Waals surface area contributed by atoms with Gasteiger partial charge in [-0.1, -0.05) is 23.4 Å². The van der Waals surface area contributed by atoms with E-state index in [1.807, 2.05) is 6.07 Å².